The lowest BCUT2D eigenvalue weighted by Gasteiger charge is -2.18. The Kier molecular flexibility index (Phi) is 3.92. The van der Waals surface area contributed by atoms with Gasteiger partial charge in [0.05, 0.1) is 6.10 Å². The average Bonchev–Trinajstić information content (AvgIpc) is 2.07. The zero-order valence-electron chi connectivity index (χ0n) is 8.64. The fourth-order valence-electron chi connectivity index (χ4n) is 1.45. The van der Waals surface area contributed by atoms with Gasteiger partial charge < -0.3 is 10.2 Å². The van der Waals surface area contributed by atoms with Gasteiger partial charge in [-0.3, -0.25) is 4.90 Å². The van der Waals surface area contributed by atoms with Crippen LogP contribution in [-0.2, 0) is 6.54 Å². The molecule has 0 aliphatic carbocycles. The summed E-state index contributed by atoms with van der Waals surface area (Å²) in [5.41, 5.74) is 0.885. The molecule has 0 radical (unpaired) electrons. The molecule has 1 aromatic carbocycles. The van der Waals surface area contributed by atoms with Crippen molar-refractivity contribution in [1.82, 2.24) is 4.90 Å². The number of aliphatic hydroxyl groups is 1. The molecule has 0 saturated carbocycles. The van der Waals surface area contributed by atoms with Gasteiger partial charge in [0, 0.05) is 18.7 Å². The number of nitrogens with zero attached hydrogens (tertiary/aromatic N) is 1. The largest absolute Gasteiger partial charge is 0.508 e. The molecular weight excluding hydrogens is 178 g/mol. The molecule has 1 unspecified atom stereocenters. The van der Waals surface area contributed by atoms with E-state index in [1.807, 2.05) is 24.1 Å². The van der Waals surface area contributed by atoms with Gasteiger partial charge in [-0.25, -0.2) is 0 Å². The SMILES string of the molecule is CC(O)CN(C)Cc1ccccc1O. The first-order valence-electron chi connectivity index (χ1n) is 4.73. The second-order valence-corrected chi connectivity index (χ2v) is 3.67. The number of hydrogen-bond acceptors (Lipinski definition) is 3. The smallest absolute Gasteiger partial charge is 0.120 e. The van der Waals surface area contributed by atoms with E-state index >= 15 is 0 Å². The van der Waals surface area contributed by atoms with Gasteiger partial charge in [0.15, 0.2) is 0 Å². The highest BCUT2D eigenvalue weighted by atomic mass is 16.3. The molecule has 0 bridgehead atoms. The van der Waals surface area contributed by atoms with Crippen molar-refractivity contribution in [2.75, 3.05) is 13.6 Å². The third kappa shape index (κ3) is 3.36. The number of likely N-dealkylation sites (N-methyl/N-ethyl adjacent to an activating group) is 1. The molecule has 1 rings (SSSR count). The van der Waals surface area contributed by atoms with Crippen LogP contribution in [0, 0.1) is 0 Å². The molecule has 2 N–H and O–H groups in total. The Balaban J connectivity index is 2.56. The van der Waals surface area contributed by atoms with Crippen LogP contribution >= 0.6 is 0 Å². The lowest BCUT2D eigenvalue weighted by Crippen LogP contribution is -2.26. The van der Waals surface area contributed by atoms with Gasteiger partial charge in [-0.05, 0) is 20.0 Å². The fraction of sp³-hybridized carbons (Fsp3) is 0.455. The van der Waals surface area contributed by atoms with Crippen molar-refractivity contribution in [2.24, 2.45) is 0 Å². The standard InChI is InChI=1S/C11H17NO2/c1-9(13)7-12(2)8-10-5-3-4-6-11(10)14/h3-6,9,13-14H,7-8H2,1-2H3. The number of hydrogen-bond donors (Lipinski definition) is 2. The lowest BCUT2D eigenvalue weighted by atomic mass is 10.2. The van der Waals surface area contributed by atoms with E-state index in [2.05, 4.69) is 0 Å². The van der Waals surface area contributed by atoms with Crippen LogP contribution in [-0.4, -0.2) is 34.8 Å². The van der Waals surface area contributed by atoms with Crippen LogP contribution in [0.3, 0.4) is 0 Å². The molecule has 3 heteroatoms. The molecule has 0 aliphatic heterocycles. The predicted octanol–water partition coefficient (Wildman–Crippen LogP) is 1.20. The van der Waals surface area contributed by atoms with Crippen LogP contribution in [0.1, 0.15) is 12.5 Å². The summed E-state index contributed by atoms with van der Waals surface area (Å²) in [7, 11) is 1.92. The summed E-state index contributed by atoms with van der Waals surface area (Å²) in [5, 5.41) is 18.7. The molecular formula is C11H17NO2. The first-order chi connectivity index (χ1) is 6.59. The average molecular weight is 195 g/mol. The minimum Gasteiger partial charge on any atom is -0.508 e. The summed E-state index contributed by atoms with van der Waals surface area (Å²) in [6.45, 7) is 3.01. The molecule has 1 aromatic rings. The Morgan fingerprint density at radius 3 is 2.57 bits per heavy atom. The monoisotopic (exact) mass is 195 g/mol. The molecule has 0 saturated heterocycles. The Bertz CT molecular complexity index is 286. The Hall–Kier alpha value is -1.06. The fourth-order valence-corrected chi connectivity index (χ4v) is 1.45. The highest BCUT2D eigenvalue weighted by Gasteiger charge is 2.06. The Labute approximate surface area is 84.6 Å². The van der Waals surface area contributed by atoms with E-state index in [1.54, 1.807) is 19.1 Å². The van der Waals surface area contributed by atoms with Gasteiger partial charge in [-0.15, -0.1) is 0 Å². The normalized spacial score (nSPS) is 13.1. The quantitative estimate of drug-likeness (QED) is 0.759. The summed E-state index contributed by atoms with van der Waals surface area (Å²) in [5.74, 6) is 0.310. The van der Waals surface area contributed by atoms with Crippen molar-refractivity contribution >= 4 is 0 Å². The predicted molar refractivity (Wildman–Crippen MR) is 56.1 cm³/mol. The third-order valence-corrected chi connectivity index (χ3v) is 2.01. The van der Waals surface area contributed by atoms with Crippen LogP contribution in [0.25, 0.3) is 0 Å². The number of aliphatic hydroxyl groups excluding tert-OH is 1. The van der Waals surface area contributed by atoms with E-state index in [4.69, 9.17) is 5.11 Å². The molecule has 0 heterocycles. The van der Waals surface area contributed by atoms with Crippen LogP contribution in [0.15, 0.2) is 24.3 Å². The summed E-state index contributed by atoms with van der Waals surface area (Å²) < 4.78 is 0. The minimum absolute atomic E-state index is 0.310. The first kappa shape index (κ1) is 11.0. The van der Waals surface area contributed by atoms with E-state index in [0.717, 1.165) is 5.56 Å². The molecule has 0 fully saturated rings. The maximum absolute atomic E-state index is 9.50. The number of aromatic hydroxyl groups is 1. The molecule has 14 heavy (non-hydrogen) atoms. The van der Waals surface area contributed by atoms with Gasteiger partial charge >= 0.3 is 0 Å². The van der Waals surface area contributed by atoms with E-state index in [9.17, 15) is 5.11 Å². The van der Waals surface area contributed by atoms with Crippen LogP contribution in [0.2, 0.25) is 0 Å². The van der Waals surface area contributed by atoms with Crippen LogP contribution in [0.4, 0.5) is 0 Å². The van der Waals surface area contributed by atoms with Crippen molar-refractivity contribution in [3.05, 3.63) is 29.8 Å². The van der Waals surface area contributed by atoms with Gasteiger partial charge in [0.25, 0.3) is 0 Å². The number of phenolic OH excluding ortho intramolecular Hbond substituents is 1. The van der Waals surface area contributed by atoms with E-state index in [-0.39, 0.29) is 6.10 Å². The van der Waals surface area contributed by atoms with Gasteiger partial charge in [-0.2, -0.15) is 0 Å². The number of rotatable bonds is 4. The third-order valence-electron chi connectivity index (χ3n) is 2.01. The summed E-state index contributed by atoms with van der Waals surface area (Å²) in [4.78, 5) is 1.97. The van der Waals surface area contributed by atoms with Gasteiger partial charge in [-0.1, -0.05) is 18.2 Å². The van der Waals surface area contributed by atoms with E-state index < -0.39 is 0 Å². The number of para-hydroxylation sites is 1. The van der Waals surface area contributed by atoms with E-state index in [1.165, 1.54) is 0 Å². The summed E-state index contributed by atoms with van der Waals surface area (Å²) in [6, 6.07) is 7.25. The van der Waals surface area contributed by atoms with Crippen LogP contribution in [0.5, 0.6) is 5.75 Å². The number of phenols is 1. The van der Waals surface area contributed by atoms with E-state index in [0.29, 0.717) is 18.8 Å². The molecule has 0 spiro atoms. The maximum atomic E-state index is 9.50. The topological polar surface area (TPSA) is 43.7 Å². The zero-order valence-corrected chi connectivity index (χ0v) is 8.64. The maximum Gasteiger partial charge on any atom is 0.120 e. The molecule has 0 amide bonds. The van der Waals surface area contributed by atoms with Crippen LogP contribution < -0.4 is 0 Å². The van der Waals surface area contributed by atoms with Crippen molar-refractivity contribution < 1.29 is 10.2 Å². The Morgan fingerprint density at radius 2 is 2.00 bits per heavy atom. The van der Waals surface area contributed by atoms with Crippen molar-refractivity contribution in [1.29, 1.82) is 0 Å². The zero-order chi connectivity index (χ0) is 10.6. The summed E-state index contributed by atoms with van der Waals surface area (Å²) in [6.07, 6.45) is -0.342. The minimum atomic E-state index is -0.342. The molecule has 0 aliphatic rings. The number of benzene rings is 1. The molecule has 0 aromatic heterocycles. The summed E-state index contributed by atoms with van der Waals surface area (Å²) >= 11 is 0. The highest BCUT2D eigenvalue weighted by molar-refractivity contribution is 5.31. The van der Waals surface area contributed by atoms with Gasteiger partial charge in [0.2, 0.25) is 0 Å². The molecule has 1 atom stereocenters. The Morgan fingerprint density at radius 1 is 1.36 bits per heavy atom. The lowest BCUT2D eigenvalue weighted by molar-refractivity contribution is 0.138. The first-order valence-corrected chi connectivity index (χ1v) is 4.73. The van der Waals surface area contributed by atoms with Crippen molar-refractivity contribution in [3.8, 4) is 5.75 Å². The second kappa shape index (κ2) is 4.98. The second-order valence-electron chi connectivity index (χ2n) is 3.67. The molecule has 3 nitrogen and oxygen atoms in total. The molecule has 78 valence electrons. The van der Waals surface area contributed by atoms with Crippen molar-refractivity contribution in [3.63, 3.8) is 0 Å². The van der Waals surface area contributed by atoms with Crippen molar-refractivity contribution in [2.45, 2.75) is 19.6 Å². The highest BCUT2D eigenvalue weighted by Crippen LogP contribution is 2.16. The van der Waals surface area contributed by atoms with Gasteiger partial charge in [0.1, 0.15) is 5.75 Å².